The Bertz CT molecular complexity index is 641. The van der Waals surface area contributed by atoms with E-state index >= 15 is 0 Å². The van der Waals surface area contributed by atoms with Crippen LogP contribution in [0.2, 0.25) is 0 Å². The van der Waals surface area contributed by atoms with E-state index in [2.05, 4.69) is 4.98 Å². The maximum atomic E-state index is 14.2. The lowest BCUT2D eigenvalue weighted by atomic mass is 10.0. The zero-order valence-electron chi connectivity index (χ0n) is 11.7. The molecule has 2 aliphatic rings. The van der Waals surface area contributed by atoms with Crippen molar-refractivity contribution in [2.75, 3.05) is 36.3 Å². The molecule has 0 radical (unpaired) electrons. The maximum Gasteiger partial charge on any atom is 0.415 e. The monoisotopic (exact) mass is 322 g/mol. The molecular weight excluding hydrogens is 308 g/mol. The van der Waals surface area contributed by atoms with E-state index in [0.29, 0.717) is 37.8 Å². The number of alkyl halides is 3. The average Bonchev–Trinajstić information content (AvgIpc) is 2.74. The Hall–Kier alpha value is -1.84. The minimum Gasteiger partial charge on any atom is -0.378 e. The number of halogens is 4. The van der Waals surface area contributed by atoms with Crippen LogP contribution in [-0.4, -0.2) is 47.6 Å². The van der Waals surface area contributed by atoms with Crippen LogP contribution in [0.1, 0.15) is 6.92 Å². The van der Waals surface area contributed by atoms with Crippen molar-refractivity contribution in [2.45, 2.75) is 25.2 Å². The summed E-state index contributed by atoms with van der Waals surface area (Å²) < 4.78 is 59.4. The van der Waals surface area contributed by atoms with Crippen molar-refractivity contribution in [2.24, 2.45) is 0 Å². The Morgan fingerprint density at radius 1 is 1.32 bits per heavy atom. The van der Waals surface area contributed by atoms with Gasteiger partial charge in [-0.1, -0.05) is 4.48 Å². The van der Waals surface area contributed by atoms with E-state index in [1.807, 2.05) is 0 Å². The molecule has 122 valence electrons. The molecule has 0 amide bonds. The van der Waals surface area contributed by atoms with Gasteiger partial charge < -0.3 is 9.64 Å². The molecule has 0 N–H and O–H groups in total. The molecular formula is C12H14F4N4O2. The Morgan fingerprint density at radius 3 is 2.55 bits per heavy atom. The van der Waals surface area contributed by atoms with Gasteiger partial charge >= 0.3 is 6.18 Å². The quantitative estimate of drug-likeness (QED) is 0.573. The third-order valence-electron chi connectivity index (χ3n) is 4.00. The van der Waals surface area contributed by atoms with Gasteiger partial charge in [-0.25, -0.2) is 0 Å². The van der Waals surface area contributed by atoms with Crippen molar-refractivity contribution in [1.29, 1.82) is 0 Å². The molecule has 3 rings (SSSR count). The number of aromatic nitrogens is 2. The Kier molecular flexibility index (Phi) is 3.31. The number of fused-ring (bicyclic) bond motifs is 1. The number of anilines is 2. The number of nitrogens with zero attached hydrogens (tertiary/aromatic N) is 4. The van der Waals surface area contributed by atoms with E-state index in [9.17, 15) is 22.4 Å². The van der Waals surface area contributed by atoms with Gasteiger partial charge in [0.15, 0.2) is 5.54 Å². The van der Waals surface area contributed by atoms with E-state index in [0.717, 1.165) is 6.07 Å². The summed E-state index contributed by atoms with van der Waals surface area (Å²) in [7, 11) is 0. The summed E-state index contributed by atoms with van der Waals surface area (Å²) >= 11 is 0. The predicted molar refractivity (Wildman–Crippen MR) is 69.6 cm³/mol. The number of rotatable bonds is 1. The molecule has 2 aliphatic heterocycles. The standard InChI is InChI=1S/C12H14F4N4O2/c1-11(12(13,14)15)7-19-9(21)6-8(17-10(19)20(11)16)18-2-4-22-5-3-18/h6H,2-5,7H2,1H3. The van der Waals surface area contributed by atoms with Crippen LogP contribution in [0.4, 0.5) is 29.4 Å². The van der Waals surface area contributed by atoms with Gasteiger partial charge in [0, 0.05) is 19.2 Å². The summed E-state index contributed by atoms with van der Waals surface area (Å²) in [6.07, 6.45) is -4.83. The normalized spacial score (nSPS) is 25.5. The molecule has 1 unspecified atom stereocenters. The second-order valence-electron chi connectivity index (χ2n) is 5.49. The molecule has 22 heavy (non-hydrogen) atoms. The van der Waals surface area contributed by atoms with Gasteiger partial charge in [-0.15, -0.1) is 0 Å². The zero-order valence-corrected chi connectivity index (χ0v) is 11.7. The third-order valence-corrected chi connectivity index (χ3v) is 4.00. The molecule has 10 heteroatoms. The molecule has 0 saturated carbocycles. The highest BCUT2D eigenvalue weighted by molar-refractivity contribution is 5.47. The molecule has 3 heterocycles. The molecule has 0 aliphatic carbocycles. The Morgan fingerprint density at radius 2 is 1.95 bits per heavy atom. The van der Waals surface area contributed by atoms with E-state index in [1.165, 1.54) is 0 Å². The second kappa shape index (κ2) is 4.83. The topological polar surface area (TPSA) is 50.6 Å². The minimum atomic E-state index is -4.83. The number of ether oxygens (including phenoxy) is 1. The van der Waals surface area contributed by atoms with Crippen LogP contribution in [-0.2, 0) is 11.3 Å². The highest BCUT2D eigenvalue weighted by Gasteiger charge is 2.61. The summed E-state index contributed by atoms with van der Waals surface area (Å²) in [5.74, 6) is -0.456. The van der Waals surface area contributed by atoms with Crippen LogP contribution in [0.25, 0.3) is 0 Å². The lowest BCUT2D eigenvalue weighted by molar-refractivity contribution is -0.190. The first-order valence-corrected chi connectivity index (χ1v) is 6.71. The first kappa shape index (κ1) is 15.1. The molecule has 1 fully saturated rings. The van der Waals surface area contributed by atoms with Crippen molar-refractivity contribution in [3.05, 3.63) is 16.4 Å². The predicted octanol–water partition coefficient (Wildman–Crippen LogP) is 1.11. The van der Waals surface area contributed by atoms with Gasteiger partial charge in [0.05, 0.1) is 19.8 Å². The van der Waals surface area contributed by atoms with Crippen LogP contribution in [0.3, 0.4) is 0 Å². The van der Waals surface area contributed by atoms with Crippen molar-refractivity contribution in [1.82, 2.24) is 9.55 Å². The summed E-state index contributed by atoms with van der Waals surface area (Å²) in [6.45, 7) is 1.60. The molecule has 1 aromatic heterocycles. The number of morpholine rings is 1. The number of hydrogen-bond donors (Lipinski definition) is 0. The largest absolute Gasteiger partial charge is 0.415 e. The highest BCUT2D eigenvalue weighted by atomic mass is 19.4. The maximum absolute atomic E-state index is 14.2. The van der Waals surface area contributed by atoms with Gasteiger partial charge in [-0.05, 0) is 6.92 Å². The Balaban J connectivity index is 2.02. The molecule has 0 aromatic carbocycles. The van der Waals surface area contributed by atoms with Crippen molar-refractivity contribution in [3.63, 3.8) is 0 Å². The second-order valence-corrected chi connectivity index (χ2v) is 5.49. The van der Waals surface area contributed by atoms with Crippen molar-refractivity contribution in [3.8, 4) is 0 Å². The van der Waals surface area contributed by atoms with Crippen LogP contribution >= 0.6 is 0 Å². The molecule has 0 bridgehead atoms. The van der Waals surface area contributed by atoms with Crippen LogP contribution in [0.15, 0.2) is 10.9 Å². The van der Waals surface area contributed by atoms with Crippen molar-refractivity contribution >= 4 is 11.8 Å². The fourth-order valence-electron chi connectivity index (χ4n) is 2.53. The lowest BCUT2D eigenvalue weighted by Gasteiger charge is -2.30. The van der Waals surface area contributed by atoms with Gasteiger partial charge in [0.2, 0.25) is 5.95 Å². The SMILES string of the molecule is CC1(C(F)(F)F)Cn2c(nc(N3CCOCC3)cc2=O)N1F. The summed E-state index contributed by atoms with van der Waals surface area (Å²) in [5.41, 5.74) is -3.50. The van der Waals surface area contributed by atoms with Gasteiger partial charge in [-0.3, -0.25) is 9.36 Å². The first-order chi connectivity index (χ1) is 10.2. The number of hydrogen-bond acceptors (Lipinski definition) is 5. The average molecular weight is 322 g/mol. The van der Waals surface area contributed by atoms with E-state index in [-0.39, 0.29) is 5.82 Å². The molecule has 1 aromatic rings. The molecule has 1 atom stereocenters. The first-order valence-electron chi connectivity index (χ1n) is 6.71. The van der Waals surface area contributed by atoms with Crippen LogP contribution in [0.5, 0.6) is 0 Å². The summed E-state index contributed by atoms with van der Waals surface area (Å²) in [4.78, 5) is 17.6. The van der Waals surface area contributed by atoms with Crippen LogP contribution in [0, 0.1) is 0 Å². The summed E-state index contributed by atoms with van der Waals surface area (Å²) in [5, 5.41) is -0.460. The highest BCUT2D eigenvalue weighted by Crippen LogP contribution is 2.43. The fraction of sp³-hybridized carbons (Fsp3) is 0.667. The Labute approximate surface area is 122 Å². The molecule has 6 nitrogen and oxygen atoms in total. The van der Waals surface area contributed by atoms with Crippen LogP contribution < -0.4 is 15.6 Å². The summed E-state index contributed by atoms with van der Waals surface area (Å²) in [6, 6.07) is 1.13. The van der Waals surface area contributed by atoms with E-state index in [4.69, 9.17) is 4.74 Å². The van der Waals surface area contributed by atoms with E-state index < -0.39 is 34.9 Å². The van der Waals surface area contributed by atoms with Gasteiger partial charge in [0.25, 0.3) is 5.56 Å². The zero-order chi connectivity index (χ0) is 16.1. The van der Waals surface area contributed by atoms with E-state index in [1.54, 1.807) is 4.90 Å². The fourth-order valence-corrected chi connectivity index (χ4v) is 2.53. The minimum absolute atomic E-state index is 0.161. The van der Waals surface area contributed by atoms with Crippen molar-refractivity contribution < 1.29 is 22.4 Å². The van der Waals surface area contributed by atoms with Gasteiger partial charge in [0.1, 0.15) is 5.82 Å². The molecule has 1 saturated heterocycles. The third kappa shape index (κ3) is 2.13. The lowest BCUT2D eigenvalue weighted by Crippen LogP contribution is -2.52. The molecule has 0 spiro atoms. The smallest absolute Gasteiger partial charge is 0.378 e. The van der Waals surface area contributed by atoms with Gasteiger partial charge in [-0.2, -0.15) is 23.3 Å².